The molecule has 0 bridgehead atoms. The van der Waals surface area contributed by atoms with Crippen LogP contribution in [-0.2, 0) is 14.8 Å². The fourth-order valence-electron chi connectivity index (χ4n) is 3.16. The number of sulfonamides is 1. The van der Waals surface area contributed by atoms with Gasteiger partial charge < -0.3 is 5.32 Å². The second kappa shape index (κ2) is 10.2. The fourth-order valence-corrected chi connectivity index (χ4v) is 4.88. The van der Waals surface area contributed by atoms with Crippen LogP contribution in [0.15, 0.2) is 83.8 Å². The minimum atomic E-state index is -4.03. The van der Waals surface area contributed by atoms with E-state index in [0.29, 0.717) is 22.2 Å². The van der Waals surface area contributed by atoms with Gasteiger partial charge in [0, 0.05) is 10.0 Å². The van der Waals surface area contributed by atoms with Crippen LogP contribution >= 0.6 is 23.2 Å². The van der Waals surface area contributed by atoms with Gasteiger partial charge in [-0.3, -0.25) is 9.10 Å². The Hall–Kier alpha value is -2.54. The molecule has 1 atom stereocenters. The summed E-state index contributed by atoms with van der Waals surface area (Å²) in [5.74, 6) is -0.423. The molecule has 0 aliphatic rings. The van der Waals surface area contributed by atoms with Gasteiger partial charge in [-0.2, -0.15) is 0 Å². The van der Waals surface area contributed by atoms with Crippen molar-refractivity contribution in [1.82, 2.24) is 5.32 Å². The number of carbonyl (C=O) groups is 1. The van der Waals surface area contributed by atoms with E-state index in [1.807, 2.05) is 37.3 Å². The number of nitrogens with one attached hydrogen (secondary N) is 1. The number of benzene rings is 3. The van der Waals surface area contributed by atoms with Crippen LogP contribution in [0.3, 0.4) is 0 Å². The smallest absolute Gasteiger partial charge is 0.264 e. The summed E-state index contributed by atoms with van der Waals surface area (Å²) in [6.07, 6.45) is 0.664. The molecular weight excluding hydrogens is 455 g/mol. The van der Waals surface area contributed by atoms with Crippen molar-refractivity contribution in [2.24, 2.45) is 0 Å². The molecule has 0 aliphatic carbocycles. The highest BCUT2D eigenvalue weighted by atomic mass is 35.5. The van der Waals surface area contributed by atoms with Gasteiger partial charge in [0.1, 0.15) is 6.54 Å². The molecule has 0 aliphatic heterocycles. The molecule has 0 saturated carbocycles. The zero-order valence-corrected chi connectivity index (χ0v) is 19.2. The second-order valence-electron chi connectivity index (χ2n) is 6.88. The van der Waals surface area contributed by atoms with Gasteiger partial charge in [-0.05, 0) is 54.4 Å². The van der Waals surface area contributed by atoms with E-state index in [-0.39, 0.29) is 10.9 Å². The Balaban J connectivity index is 1.91. The van der Waals surface area contributed by atoms with E-state index in [2.05, 4.69) is 5.32 Å². The largest absolute Gasteiger partial charge is 0.348 e. The lowest BCUT2D eigenvalue weighted by Gasteiger charge is -2.26. The number of amides is 1. The van der Waals surface area contributed by atoms with E-state index in [0.717, 1.165) is 9.87 Å². The van der Waals surface area contributed by atoms with Crippen LogP contribution in [0.4, 0.5) is 5.69 Å². The third-order valence-corrected chi connectivity index (χ3v) is 7.01. The lowest BCUT2D eigenvalue weighted by atomic mass is 10.0. The highest BCUT2D eigenvalue weighted by Crippen LogP contribution is 2.27. The SMILES string of the molecule is CCC(NC(=O)CN(c1cccc(Cl)c1)S(=O)(=O)c1ccc(Cl)cc1)c1ccccc1. The molecule has 31 heavy (non-hydrogen) atoms. The molecule has 0 spiro atoms. The van der Waals surface area contributed by atoms with E-state index < -0.39 is 22.5 Å². The molecule has 162 valence electrons. The first kappa shape index (κ1) is 23.1. The first-order chi connectivity index (χ1) is 14.8. The lowest BCUT2D eigenvalue weighted by Crippen LogP contribution is -2.42. The van der Waals surface area contributed by atoms with Crippen LogP contribution in [0.1, 0.15) is 24.9 Å². The average Bonchev–Trinajstić information content (AvgIpc) is 2.76. The Morgan fingerprint density at radius 2 is 1.61 bits per heavy atom. The van der Waals surface area contributed by atoms with Gasteiger partial charge in [-0.1, -0.05) is 66.5 Å². The van der Waals surface area contributed by atoms with Crippen LogP contribution in [0.2, 0.25) is 10.0 Å². The van der Waals surface area contributed by atoms with E-state index in [9.17, 15) is 13.2 Å². The van der Waals surface area contributed by atoms with Gasteiger partial charge in [0.2, 0.25) is 5.91 Å². The fraction of sp³-hybridized carbons (Fsp3) is 0.174. The van der Waals surface area contributed by atoms with Crippen LogP contribution < -0.4 is 9.62 Å². The maximum atomic E-state index is 13.4. The van der Waals surface area contributed by atoms with Crippen molar-refractivity contribution in [3.8, 4) is 0 Å². The summed E-state index contributed by atoms with van der Waals surface area (Å²) in [4.78, 5) is 12.9. The van der Waals surface area contributed by atoms with Crippen molar-refractivity contribution in [3.63, 3.8) is 0 Å². The highest BCUT2D eigenvalue weighted by molar-refractivity contribution is 7.92. The molecule has 0 aromatic heterocycles. The third-order valence-electron chi connectivity index (χ3n) is 4.73. The summed E-state index contributed by atoms with van der Waals surface area (Å²) in [6.45, 7) is 1.56. The molecule has 1 amide bonds. The van der Waals surface area contributed by atoms with Gasteiger partial charge in [0.15, 0.2) is 0 Å². The molecule has 0 saturated heterocycles. The predicted molar refractivity (Wildman–Crippen MR) is 125 cm³/mol. The Bertz CT molecular complexity index is 1140. The number of carbonyl (C=O) groups excluding carboxylic acids is 1. The van der Waals surface area contributed by atoms with Crippen LogP contribution in [0, 0.1) is 0 Å². The number of hydrogen-bond acceptors (Lipinski definition) is 3. The Kier molecular flexibility index (Phi) is 7.59. The van der Waals surface area contributed by atoms with E-state index in [1.165, 1.54) is 30.3 Å². The zero-order valence-electron chi connectivity index (χ0n) is 16.8. The Labute approximate surface area is 192 Å². The van der Waals surface area contributed by atoms with Gasteiger partial charge in [0.05, 0.1) is 16.6 Å². The molecular formula is C23H22Cl2N2O3S. The van der Waals surface area contributed by atoms with Crippen molar-refractivity contribution >= 4 is 44.8 Å². The van der Waals surface area contributed by atoms with Crippen LogP contribution in [0.5, 0.6) is 0 Å². The van der Waals surface area contributed by atoms with E-state index >= 15 is 0 Å². The van der Waals surface area contributed by atoms with Gasteiger partial charge in [0.25, 0.3) is 10.0 Å². The topological polar surface area (TPSA) is 66.5 Å². The molecule has 3 aromatic rings. The summed E-state index contributed by atoms with van der Waals surface area (Å²) in [5, 5.41) is 3.71. The normalized spacial score (nSPS) is 12.2. The highest BCUT2D eigenvalue weighted by Gasteiger charge is 2.28. The van der Waals surface area contributed by atoms with E-state index in [1.54, 1.807) is 18.2 Å². The number of hydrogen-bond donors (Lipinski definition) is 1. The van der Waals surface area contributed by atoms with Crippen molar-refractivity contribution < 1.29 is 13.2 Å². The number of rotatable bonds is 8. The molecule has 1 unspecified atom stereocenters. The van der Waals surface area contributed by atoms with E-state index in [4.69, 9.17) is 23.2 Å². The van der Waals surface area contributed by atoms with Gasteiger partial charge in [-0.15, -0.1) is 0 Å². The van der Waals surface area contributed by atoms with Crippen molar-refractivity contribution in [2.45, 2.75) is 24.3 Å². The molecule has 1 N–H and O–H groups in total. The summed E-state index contributed by atoms with van der Waals surface area (Å²) in [7, 11) is -4.03. The lowest BCUT2D eigenvalue weighted by molar-refractivity contribution is -0.120. The van der Waals surface area contributed by atoms with Crippen LogP contribution in [0.25, 0.3) is 0 Å². The molecule has 5 nitrogen and oxygen atoms in total. The monoisotopic (exact) mass is 476 g/mol. The third kappa shape index (κ3) is 5.79. The molecule has 0 heterocycles. The minimum absolute atomic E-state index is 0.0276. The minimum Gasteiger partial charge on any atom is -0.348 e. The predicted octanol–water partition coefficient (Wildman–Crippen LogP) is 5.46. The molecule has 0 radical (unpaired) electrons. The number of nitrogens with zero attached hydrogens (tertiary/aromatic N) is 1. The van der Waals surface area contributed by atoms with Crippen molar-refractivity contribution in [1.29, 1.82) is 0 Å². The molecule has 3 rings (SSSR count). The van der Waals surface area contributed by atoms with Crippen molar-refractivity contribution in [3.05, 3.63) is 94.5 Å². The van der Waals surface area contributed by atoms with Gasteiger partial charge in [-0.25, -0.2) is 8.42 Å². The van der Waals surface area contributed by atoms with Gasteiger partial charge >= 0.3 is 0 Å². The maximum absolute atomic E-state index is 13.4. The maximum Gasteiger partial charge on any atom is 0.264 e. The number of anilines is 1. The zero-order chi connectivity index (χ0) is 22.4. The quantitative estimate of drug-likeness (QED) is 0.469. The first-order valence-corrected chi connectivity index (χ1v) is 11.9. The molecule has 3 aromatic carbocycles. The summed E-state index contributed by atoms with van der Waals surface area (Å²) < 4.78 is 27.8. The number of halogens is 2. The van der Waals surface area contributed by atoms with Crippen LogP contribution in [-0.4, -0.2) is 20.9 Å². The Morgan fingerprint density at radius 3 is 2.23 bits per heavy atom. The summed E-state index contributed by atoms with van der Waals surface area (Å²) in [6, 6.07) is 21.5. The molecule has 0 fully saturated rings. The second-order valence-corrected chi connectivity index (χ2v) is 9.62. The summed E-state index contributed by atoms with van der Waals surface area (Å²) in [5.41, 5.74) is 1.25. The standard InChI is InChI=1S/C23H22Cl2N2O3S/c1-2-22(17-7-4-3-5-8-17)26-23(28)16-27(20-10-6-9-19(25)15-20)31(29,30)21-13-11-18(24)12-14-21/h3-15,22H,2,16H2,1H3,(H,26,28). The average molecular weight is 477 g/mol. The molecule has 8 heteroatoms. The van der Waals surface area contributed by atoms with Crippen molar-refractivity contribution in [2.75, 3.05) is 10.8 Å². The Morgan fingerprint density at radius 1 is 0.935 bits per heavy atom. The first-order valence-electron chi connectivity index (χ1n) is 9.69. The summed E-state index contributed by atoms with van der Waals surface area (Å²) >= 11 is 12.0.